The Bertz CT molecular complexity index is 530. The van der Waals surface area contributed by atoms with Crippen LogP contribution in [0.3, 0.4) is 0 Å². The van der Waals surface area contributed by atoms with E-state index in [4.69, 9.17) is 0 Å². The van der Waals surface area contributed by atoms with E-state index in [1.165, 1.54) is 18.4 Å². The van der Waals surface area contributed by atoms with Crippen molar-refractivity contribution in [1.82, 2.24) is 14.6 Å². The van der Waals surface area contributed by atoms with Gasteiger partial charge in [0.05, 0.1) is 0 Å². The highest BCUT2D eigenvalue weighted by Gasteiger charge is 2.07. The van der Waals surface area contributed by atoms with Crippen LogP contribution in [0.2, 0.25) is 0 Å². The Kier molecular flexibility index (Phi) is 4.40. The molecule has 0 bridgehead atoms. The summed E-state index contributed by atoms with van der Waals surface area (Å²) >= 11 is 0. The summed E-state index contributed by atoms with van der Waals surface area (Å²) < 4.78 is 1.83. The molecule has 0 radical (unpaired) electrons. The van der Waals surface area contributed by atoms with Gasteiger partial charge in [-0.2, -0.15) is 4.98 Å². The zero-order valence-corrected chi connectivity index (χ0v) is 12.3. The molecule has 4 nitrogen and oxygen atoms in total. The maximum atomic E-state index is 4.48. The van der Waals surface area contributed by atoms with Gasteiger partial charge in [-0.05, 0) is 37.8 Å². The number of fused-ring (bicyclic) bond motifs is 1. The Balaban J connectivity index is 1.93. The number of pyridine rings is 1. The zero-order valence-electron chi connectivity index (χ0n) is 12.3. The molecular weight excluding hydrogens is 236 g/mol. The molecule has 1 atom stereocenters. The van der Waals surface area contributed by atoms with Crippen LogP contribution in [0.25, 0.3) is 5.65 Å². The minimum atomic E-state index is 0.414. The molecule has 2 aromatic rings. The highest BCUT2D eigenvalue weighted by Crippen LogP contribution is 2.12. The first-order valence-electron chi connectivity index (χ1n) is 7.14. The first-order chi connectivity index (χ1) is 9.04. The van der Waals surface area contributed by atoms with Crippen molar-refractivity contribution in [1.29, 1.82) is 0 Å². The van der Waals surface area contributed by atoms with Crippen LogP contribution in [0.15, 0.2) is 18.3 Å². The largest absolute Gasteiger partial charge is 0.350 e. The first-order valence-corrected chi connectivity index (χ1v) is 7.14. The Morgan fingerprint density at radius 1 is 1.21 bits per heavy atom. The van der Waals surface area contributed by atoms with Crippen molar-refractivity contribution in [3.05, 3.63) is 23.9 Å². The third-order valence-corrected chi connectivity index (χ3v) is 3.27. The third kappa shape index (κ3) is 3.94. The van der Waals surface area contributed by atoms with Gasteiger partial charge in [0.1, 0.15) is 0 Å². The lowest BCUT2D eigenvalue weighted by Gasteiger charge is -2.12. The van der Waals surface area contributed by atoms with Gasteiger partial charge in [-0.1, -0.05) is 32.8 Å². The van der Waals surface area contributed by atoms with E-state index < -0.39 is 0 Å². The molecule has 0 aromatic carbocycles. The highest BCUT2D eigenvalue weighted by molar-refractivity contribution is 5.44. The first kappa shape index (κ1) is 13.8. The Morgan fingerprint density at radius 3 is 2.74 bits per heavy atom. The van der Waals surface area contributed by atoms with Crippen molar-refractivity contribution in [2.24, 2.45) is 5.92 Å². The van der Waals surface area contributed by atoms with E-state index in [0.29, 0.717) is 6.04 Å². The van der Waals surface area contributed by atoms with Crippen LogP contribution in [0.1, 0.15) is 45.6 Å². The summed E-state index contributed by atoms with van der Waals surface area (Å²) in [6.07, 6.45) is 5.69. The third-order valence-electron chi connectivity index (χ3n) is 3.27. The van der Waals surface area contributed by atoms with E-state index in [1.54, 1.807) is 0 Å². The number of aryl methyl sites for hydroxylation is 1. The van der Waals surface area contributed by atoms with Crippen LogP contribution >= 0.6 is 0 Å². The fourth-order valence-electron chi connectivity index (χ4n) is 2.17. The van der Waals surface area contributed by atoms with Crippen molar-refractivity contribution in [2.45, 2.75) is 53.0 Å². The van der Waals surface area contributed by atoms with Crippen molar-refractivity contribution in [3.8, 4) is 0 Å². The normalized spacial score (nSPS) is 13.1. The van der Waals surface area contributed by atoms with Gasteiger partial charge in [-0.15, -0.1) is 5.10 Å². The van der Waals surface area contributed by atoms with E-state index in [9.17, 15) is 0 Å². The molecular formula is C15H24N4. The van der Waals surface area contributed by atoms with Gasteiger partial charge in [0.2, 0.25) is 5.95 Å². The van der Waals surface area contributed by atoms with Crippen molar-refractivity contribution in [2.75, 3.05) is 5.32 Å². The second-order valence-corrected chi connectivity index (χ2v) is 5.81. The molecule has 0 spiro atoms. The Hall–Kier alpha value is -1.58. The van der Waals surface area contributed by atoms with Gasteiger partial charge in [0, 0.05) is 12.2 Å². The number of aromatic nitrogens is 3. The summed E-state index contributed by atoms with van der Waals surface area (Å²) in [5, 5.41) is 7.83. The predicted octanol–water partition coefficient (Wildman–Crippen LogP) is 3.66. The lowest BCUT2D eigenvalue weighted by atomic mass is 10.0. The molecule has 4 heteroatoms. The van der Waals surface area contributed by atoms with Crippen LogP contribution in [0.4, 0.5) is 5.95 Å². The molecule has 19 heavy (non-hydrogen) atoms. The van der Waals surface area contributed by atoms with Crippen molar-refractivity contribution < 1.29 is 0 Å². The second kappa shape index (κ2) is 6.04. The molecule has 0 saturated carbocycles. The fraction of sp³-hybridized carbons (Fsp3) is 0.600. The molecule has 0 fully saturated rings. The monoisotopic (exact) mass is 260 g/mol. The van der Waals surface area contributed by atoms with Gasteiger partial charge < -0.3 is 5.32 Å². The van der Waals surface area contributed by atoms with E-state index in [1.807, 2.05) is 16.8 Å². The molecule has 0 aliphatic heterocycles. The van der Waals surface area contributed by atoms with E-state index in [-0.39, 0.29) is 0 Å². The van der Waals surface area contributed by atoms with E-state index in [0.717, 1.165) is 23.9 Å². The molecule has 2 aromatic heterocycles. The lowest BCUT2D eigenvalue weighted by Crippen LogP contribution is -2.16. The maximum Gasteiger partial charge on any atom is 0.243 e. The van der Waals surface area contributed by atoms with Gasteiger partial charge in [-0.3, -0.25) is 0 Å². The van der Waals surface area contributed by atoms with Crippen LogP contribution in [-0.4, -0.2) is 20.6 Å². The average molecular weight is 260 g/mol. The molecule has 1 N–H and O–H groups in total. The van der Waals surface area contributed by atoms with Crippen LogP contribution in [0.5, 0.6) is 0 Å². The lowest BCUT2D eigenvalue weighted by molar-refractivity contribution is 0.519. The summed E-state index contributed by atoms with van der Waals surface area (Å²) in [4.78, 5) is 4.48. The Morgan fingerprint density at radius 2 is 2.00 bits per heavy atom. The molecule has 0 aliphatic rings. The summed E-state index contributed by atoms with van der Waals surface area (Å²) in [5.41, 5.74) is 2.08. The maximum absolute atomic E-state index is 4.48. The SMILES string of the molecule is Cc1ccc2nc(NC(C)CCCC(C)C)nn2c1. The molecule has 0 saturated heterocycles. The fourth-order valence-corrected chi connectivity index (χ4v) is 2.17. The molecule has 2 heterocycles. The molecule has 104 valence electrons. The van der Waals surface area contributed by atoms with Crippen LogP contribution in [-0.2, 0) is 0 Å². The number of rotatable bonds is 6. The Labute approximate surface area is 115 Å². The number of hydrogen-bond acceptors (Lipinski definition) is 3. The highest BCUT2D eigenvalue weighted by atomic mass is 15.3. The summed E-state index contributed by atoms with van der Waals surface area (Å²) in [7, 11) is 0. The smallest absolute Gasteiger partial charge is 0.243 e. The number of nitrogens with zero attached hydrogens (tertiary/aromatic N) is 3. The minimum absolute atomic E-state index is 0.414. The van der Waals surface area contributed by atoms with Gasteiger partial charge >= 0.3 is 0 Å². The number of anilines is 1. The number of nitrogens with one attached hydrogen (secondary N) is 1. The van der Waals surface area contributed by atoms with Crippen LogP contribution in [0, 0.1) is 12.8 Å². The second-order valence-electron chi connectivity index (χ2n) is 5.81. The standard InChI is InChI=1S/C15H24N4/c1-11(2)6-5-7-13(4)16-15-17-14-9-8-12(3)10-19(14)18-15/h8-11,13H,5-7H2,1-4H3,(H,16,18). The molecule has 1 unspecified atom stereocenters. The minimum Gasteiger partial charge on any atom is -0.350 e. The van der Waals surface area contributed by atoms with Crippen molar-refractivity contribution >= 4 is 11.6 Å². The van der Waals surface area contributed by atoms with Crippen LogP contribution < -0.4 is 5.32 Å². The quantitative estimate of drug-likeness (QED) is 0.861. The average Bonchev–Trinajstić information content (AvgIpc) is 2.69. The molecule has 0 amide bonds. The number of hydrogen-bond donors (Lipinski definition) is 1. The summed E-state index contributed by atoms with van der Waals surface area (Å²) in [6, 6.07) is 4.47. The molecule has 2 rings (SSSR count). The van der Waals surface area contributed by atoms with E-state index >= 15 is 0 Å². The van der Waals surface area contributed by atoms with Crippen molar-refractivity contribution in [3.63, 3.8) is 0 Å². The molecule has 0 aliphatic carbocycles. The van der Waals surface area contributed by atoms with Gasteiger partial charge in [0.15, 0.2) is 5.65 Å². The summed E-state index contributed by atoms with van der Waals surface area (Å²) in [5.74, 6) is 1.51. The predicted molar refractivity (Wildman–Crippen MR) is 79.5 cm³/mol. The summed E-state index contributed by atoms with van der Waals surface area (Å²) in [6.45, 7) is 8.79. The zero-order chi connectivity index (χ0) is 13.8. The van der Waals surface area contributed by atoms with E-state index in [2.05, 4.69) is 49.2 Å². The topological polar surface area (TPSA) is 42.2 Å². The van der Waals surface area contributed by atoms with Gasteiger partial charge in [0.25, 0.3) is 0 Å². The van der Waals surface area contributed by atoms with Gasteiger partial charge in [-0.25, -0.2) is 4.52 Å².